The number of piperidine rings is 1. The van der Waals surface area contributed by atoms with Crippen LogP contribution in [0.3, 0.4) is 0 Å². The zero-order valence-corrected chi connectivity index (χ0v) is 12.2. The Morgan fingerprint density at radius 2 is 1.76 bits per heavy atom. The second kappa shape index (κ2) is 6.47. The highest BCUT2D eigenvalue weighted by Crippen LogP contribution is 2.34. The number of benzene rings is 1. The van der Waals surface area contributed by atoms with Crippen molar-refractivity contribution in [2.24, 2.45) is 5.10 Å². The summed E-state index contributed by atoms with van der Waals surface area (Å²) in [4.78, 5) is 2.34. The predicted molar refractivity (Wildman–Crippen MR) is 78.4 cm³/mol. The first-order valence-electron chi connectivity index (χ1n) is 7.09. The highest BCUT2D eigenvalue weighted by molar-refractivity contribution is 5.86. The first kappa shape index (κ1) is 15.8. The molecule has 1 aromatic rings. The minimum Gasteiger partial charge on any atom is -0.300 e. The van der Waals surface area contributed by atoms with Gasteiger partial charge in [-0.2, -0.15) is 18.3 Å². The standard InChI is InChI=1S/C15H20F3N3/c1-11(2)21-9-7-12(8-10-21)19-20-14-6-4-3-5-13(14)15(16,17)18/h3-6,11,20H,7-10H2,1-2H3. The number of rotatable bonds is 3. The lowest BCUT2D eigenvalue weighted by Gasteiger charge is -2.30. The normalized spacial score (nSPS) is 17.1. The number of nitrogens with one attached hydrogen (secondary N) is 1. The topological polar surface area (TPSA) is 27.6 Å². The number of hydrogen-bond acceptors (Lipinski definition) is 3. The van der Waals surface area contributed by atoms with Crippen LogP contribution >= 0.6 is 0 Å². The van der Waals surface area contributed by atoms with E-state index in [-0.39, 0.29) is 5.69 Å². The van der Waals surface area contributed by atoms with Crippen molar-refractivity contribution in [1.29, 1.82) is 0 Å². The summed E-state index contributed by atoms with van der Waals surface area (Å²) in [5, 5.41) is 4.16. The molecular formula is C15H20F3N3. The molecule has 1 aliphatic rings. The number of para-hydroxylation sites is 1. The molecule has 1 saturated heterocycles. The average Bonchev–Trinajstić information content (AvgIpc) is 2.45. The van der Waals surface area contributed by atoms with E-state index in [0.29, 0.717) is 6.04 Å². The molecule has 1 N–H and O–H groups in total. The minimum absolute atomic E-state index is 0.00351. The molecule has 1 fully saturated rings. The van der Waals surface area contributed by atoms with Gasteiger partial charge in [-0.3, -0.25) is 5.43 Å². The Labute approximate surface area is 122 Å². The molecule has 116 valence electrons. The molecule has 0 radical (unpaired) electrons. The van der Waals surface area contributed by atoms with Crippen molar-refractivity contribution in [1.82, 2.24) is 4.90 Å². The largest absolute Gasteiger partial charge is 0.418 e. The van der Waals surface area contributed by atoms with Crippen molar-refractivity contribution < 1.29 is 13.2 Å². The number of alkyl halides is 3. The lowest BCUT2D eigenvalue weighted by atomic mass is 10.1. The molecule has 0 unspecified atom stereocenters. The van der Waals surface area contributed by atoms with Gasteiger partial charge in [0.2, 0.25) is 0 Å². The molecule has 1 aliphatic heterocycles. The van der Waals surface area contributed by atoms with Gasteiger partial charge in [-0.25, -0.2) is 0 Å². The first-order chi connectivity index (χ1) is 9.88. The average molecular weight is 299 g/mol. The third-order valence-electron chi connectivity index (χ3n) is 3.67. The van der Waals surface area contributed by atoms with E-state index in [0.717, 1.165) is 37.7 Å². The third kappa shape index (κ3) is 4.20. The smallest absolute Gasteiger partial charge is 0.300 e. The molecule has 0 amide bonds. The molecule has 21 heavy (non-hydrogen) atoms. The Morgan fingerprint density at radius 1 is 1.14 bits per heavy atom. The fraction of sp³-hybridized carbons (Fsp3) is 0.533. The summed E-state index contributed by atoms with van der Waals surface area (Å²) in [5.41, 5.74) is 2.82. The summed E-state index contributed by atoms with van der Waals surface area (Å²) >= 11 is 0. The van der Waals surface area contributed by atoms with Crippen LogP contribution in [0, 0.1) is 0 Å². The molecule has 0 saturated carbocycles. The molecule has 0 bridgehead atoms. The van der Waals surface area contributed by atoms with Gasteiger partial charge >= 0.3 is 6.18 Å². The Hall–Kier alpha value is -1.56. The van der Waals surface area contributed by atoms with Crippen LogP contribution in [0.1, 0.15) is 32.3 Å². The maximum atomic E-state index is 12.9. The van der Waals surface area contributed by atoms with Crippen molar-refractivity contribution in [2.75, 3.05) is 18.5 Å². The summed E-state index contributed by atoms with van der Waals surface area (Å²) in [5.74, 6) is 0. The van der Waals surface area contributed by atoms with Crippen LogP contribution < -0.4 is 5.43 Å². The number of hydrogen-bond donors (Lipinski definition) is 1. The zero-order chi connectivity index (χ0) is 15.5. The van der Waals surface area contributed by atoms with Gasteiger partial charge in [0.15, 0.2) is 0 Å². The number of halogens is 3. The number of nitrogens with zero attached hydrogens (tertiary/aromatic N) is 2. The predicted octanol–water partition coefficient (Wildman–Crippen LogP) is 3.98. The Balaban J connectivity index is 2.03. The van der Waals surface area contributed by atoms with Gasteiger partial charge in [0, 0.05) is 37.7 Å². The molecule has 1 aromatic carbocycles. The van der Waals surface area contributed by atoms with E-state index < -0.39 is 11.7 Å². The van der Waals surface area contributed by atoms with E-state index in [1.807, 2.05) is 0 Å². The number of anilines is 1. The van der Waals surface area contributed by atoms with Crippen molar-refractivity contribution in [3.8, 4) is 0 Å². The molecule has 0 aliphatic carbocycles. The van der Waals surface area contributed by atoms with E-state index >= 15 is 0 Å². The highest BCUT2D eigenvalue weighted by Gasteiger charge is 2.33. The Morgan fingerprint density at radius 3 is 2.33 bits per heavy atom. The van der Waals surface area contributed by atoms with Crippen LogP contribution in [-0.2, 0) is 6.18 Å². The molecule has 0 spiro atoms. The van der Waals surface area contributed by atoms with Crippen molar-refractivity contribution in [3.05, 3.63) is 29.8 Å². The molecule has 2 rings (SSSR count). The van der Waals surface area contributed by atoms with Crippen molar-refractivity contribution in [3.63, 3.8) is 0 Å². The van der Waals surface area contributed by atoms with Crippen molar-refractivity contribution in [2.45, 2.75) is 38.9 Å². The molecule has 6 heteroatoms. The Kier molecular flexibility index (Phi) is 4.88. The summed E-state index contributed by atoms with van der Waals surface area (Å²) < 4.78 is 38.6. The van der Waals surface area contributed by atoms with Crippen LogP contribution in [0.4, 0.5) is 18.9 Å². The number of hydrazone groups is 1. The van der Waals surface area contributed by atoms with Crippen molar-refractivity contribution >= 4 is 11.4 Å². The lowest BCUT2D eigenvalue weighted by Crippen LogP contribution is -2.38. The quantitative estimate of drug-likeness (QED) is 0.855. The number of likely N-dealkylation sites (tertiary alicyclic amines) is 1. The van der Waals surface area contributed by atoms with Gasteiger partial charge in [-0.15, -0.1) is 0 Å². The van der Waals surface area contributed by atoms with Gasteiger partial charge in [0.25, 0.3) is 0 Å². The summed E-state index contributed by atoms with van der Waals surface area (Å²) in [6, 6.07) is 5.90. The fourth-order valence-electron chi connectivity index (χ4n) is 2.38. The molecule has 3 nitrogen and oxygen atoms in total. The monoisotopic (exact) mass is 299 g/mol. The van der Waals surface area contributed by atoms with Crippen LogP contribution in [-0.4, -0.2) is 29.7 Å². The van der Waals surface area contributed by atoms with Crippen LogP contribution in [0.15, 0.2) is 29.4 Å². The highest BCUT2D eigenvalue weighted by atomic mass is 19.4. The molecular weight excluding hydrogens is 279 g/mol. The SMILES string of the molecule is CC(C)N1CCC(=NNc2ccccc2C(F)(F)F)CC1. The van der Waals surface area contributed by atoms with E-state index in [1.54, 1.807) is 6.07 Å². The second-order valence-corrected chi connectivity index (χ2v) is 5.46. The summed E-state index contributed by atoms with van der Waals surface area (Å²) in [6.07, 6.45) is -2.79. The first-order valence-corrected chi connectivity index (χ1v) is 7.09. The van der Waals surface area contributed by atoms with Crippen LogP contribution in [0.25, 0.3) is 0 Å². The summed E-state index contributed by atoms with van der Waals surface area (Å²) in [7, 11) is 0. The zero-order valence-electron chi connectivity index (χ0n) is 12.2. The van der Waals surface area contributed by atoms with Gasteiger partial charge < -0.3 is 4.90 Å². The molecule has 1 heterocycles. The van der Waals surface area contributed by atoms with E-state index in [9.17, 15) is 13.2 Å². The van der Waals surface area contributed by atoms with Gasteiger partial charge in [0.05, 0.1) is 11.3 Å². The molecule has 0 aromatic heterocycles. The molecule has 0 atom stereocenters. The van der Waals surface area contributed by atoms with Gasteiger partial charge in [0.1, 0.15) is 0 Å². The minimum atomic E-state index is -4.37. The third-order valence-corrected chi connectivity index (χ3v) is 3.67. The van der Waals surface area contributed by atoms with Gasteiger partial charge in [-0.05, 0) is 26.0 Å². The van der Waals surface area contributed by atoms with Gasteiger partial charge in [-0.1, -0.05) is 12.1 Å². The van der Waals surface area contributed by atoms with Crippen LogP contribution in [0.5, 0.6) is 0 Å². The summed E-state index contributed by atoms with van der Waals surface area (Å²) in [6.45, 7) is 6.08. The fourth-order valence-corrected chi connectivity index (χ4v) is 2.38. The lowest BCUT2D eigenvalue weighted by molar-refractivity contribution is -0.136. The van der Waals surface area contributed by atoms with Crippen LogP contribution in [0.2, 0.25) is 0 Å². The van der Waals surface area contributed by atoms with E-state index in [2.05, 4.69) is 29.3 Å². The Bertz CT molecular complexity index is 499. The maximum absolute atomic E-state index is 12.9. The van der Waals surface area contributed by atoms with E-state index in [4.69, 9.17) is 0 Å². The second-order valence-electron chi connectivity index (χ2n) is 5.46. The maximum Gasteiger partial charge on any atom is 0.418 e. The van der Waals surface area contributed by atoms with E-state index in [1.165, 1.54) is 12.1 Å².